The van der Waals surface area contributed by atoms with Crippen LogP contribution in [-0.2, 0) is 0 Å². The summed E-state index contributed by atoms with van der Waals surface area (Å²) in [5.41, 5.74) is 0.811. The van der Waals surface area contributed by atoms with Gasteiger partial charge in [0.2, 0.25) is 0 Å². The van der Waals surface area contributed by atoms with Gasteiger partial charge in [0.15, 0.2) is 0 Å². The SMILES string of the molecule is COc1cc(OC)c(NC2CCCCC2C#N)cc1Cl. The molecule has 1 fully saturated rings. The van der Waals surface area contributed by atoms with Crippen LogP contribution in [0.1, 0.15) is 25.7 Å². The molecule has 1 N–H and O–H groups in total. The molecule has 20 heavy (non-hydrogen) atoms. The van der Waals surface area contributed by atoms with E-state index in [9.17, 15) is 5.26 Å². The van der Waals surface area contributed by atoms with Gasteiger partial charge in [-0.1, -0.05) is 24.4 Å². The molecule has 2 atom stereocenters. The number of anilines is 1. The first-order valence-electron chi connectivity index (χ1n) is 6.77. The summed E-state index contributed by atoms with van der Waals surface area (Å²) in [7, 11) is 3.18. The van der Waals surface area contributed by atoms with Crippen molar-refractivity contribution in [1.29, 1.82) is 5.26 Å². The van der Waals surface area contributed by atoms with Crippen LogP contribution in [0.2, 0.25) is 5.02 Å². The van der Waals surface area contributed by atoms with E-state index in [0.717, 1.165) is 31.4 Å². The number of hydrogen-bond acceptors (Lipinski definition) is 4. The molecule has 0 bridgehead atoms. The molecule has 0 saturated heterocycles. The van der Waals surface area contributed by atoms with Crippen LogP contribution in [-0.4, -0.2) is 20.3 Å². The number of hydrogen-bond donors (Lipinski definition) is 1. The van der Waals surface area contributed by atoms with Crippen LogP contribution >= 0.6 is 11.6 Å². The van der Waals surface area contributed by atoms with Crippen molar-refractivity contribution < 1.29 is 9.47 Å². The Hall–Kier alpha value is -1.60. The third-order valence-corrected chi connectivity index (χ3v) is 4.04. The number of ether oxygens (including phenoxy) is 2. The van der Waals surface area contributed by atoms with Crippen LogP contribution in [0, 0.1) is 17.2 Å². The molecule has 1 aromatic rings. The van der Waals surface area contributed by atoms with Gasteiger partial charge in [0.25, 0.3) is 0 Å². The van der Waals surface area contributed by atoms with Gasteiger partial charge in [0.1, 0.15) is 11.5 Å². The van der Waals surface area contributed by atoms with Crippen molar-refractivity contribution in [3.05, 3.63) is 17.2 Å². The molecular weight excluding hydrogens is 276 g/mol. The molecule has 1 aromatic carbocycles. The second-order valence-electron chi connectivity index (χ2n) is 4.96. The first kappa shape index (κ1) is 14.8. The van der Waals surface area contributed by atoms with Gasteiger partial charge in [-0.3, -0.25) is 0 Å². The largest absolute Gasteiger partial charge is 0.495 e. The molecule has 0 amide bonds. The molecule has 4 nitrogen and oxygen atoms in total. The number of nitriles is 1. The standard InChI is InChI=1S/C15H19ClN2O2/c1-19-14-8-15(20-2)13(7-11(14)16)18-12-6-4-3-5-10(12)9-17/h7-8,10,12,18H,3-6H2,1-2H3. The Kier molecular flexibility index (Phi) is 4.97. The van der Waals surface area contributed by atoms with Crippen molar-refractivity contribution in [1.82, 2.24) is 0 Å². The molecule has 1 aliphatic rings. The van der Waals surface area contributed by atoms with Gasteiger partial charge in [-0.25, -0.2) is 0 Å². The van der Waals surface area contributed by atoms with E-state index in [0.29, 0.717) is 16.5 Å². The summed E-state index contributed by atoms with van der Waals surface area (Å²) in [5.74, 6) is 1.29. The summed E-state index contributed by atoms with van der Waals surface area (Å²) < 4.78 is 10.6. The van der Waals surface area contributed by atoms with Crippen molar-refractivity contribution in [3.8, 4) is 17.6 Å². The summed E-state index contributed by atoms with van der Waals surface area (Å²) in [6.07, 6.45) is 4.20. The average Bonchev–Trinajstić information content (AvgIpc) is 2.48. The fraction of sp³-hybridized carbons (Fsp3) is 0.533. The number of benzene rings is 1. The van der Waals surface area contributed by atoms with E-state index in [1.165, 1.54) is 0 Å². The highest BCUT2D eigenvalue weighted by Gasteiger charge is 2.25. The van der Waals surface area contributed by atoms with Crippen LogP contribution in [0.3, 0.4) is 0 Å². The van der Waals surface area contributed by atoms with Crippen molar-refractivity contribution in [2.24, 2.45) is 5.92 Å². The van der Waals surface area contributed by atoms with Gasteiger partial charge in [-0.2, -0.15) is 5.26 Å². The first-order chi connectivity index (χ1) is 9.69. The van der Waals surface area contributed by atoms with E-state index in [1.54, 1.807) is 26.4 Å². The van der Waals surface area contributed by atoms with Gasteiger partial charge >= 0.3 is 0 Å². The highest BCUT2D eigenvalue weighted by molar-refractivity contribution is 6.32. The summed E-state index contributed by atoms with van der Waals surface area (Å²) in [6, 6.07) is 6.09. The molecule has 0 spiro atoms. The molecular formula is C15H19ClN2O2. The van der Waals surface area contributed by atoms with E-state index < -0.39 is 0 Å². The molecule has 1 aliphatic carbocycles. The molecule has 108 valence electrons. The smallest absolute Gasteiger partial charge is 0.145 e. The molecule has 0 aliphatic heterocycles. The van der Waals surface area contributed by atoms with Gasteiger partial charge < -0.3 is 14.8 Å². The number of nitrogens with zero attached hydrogens (tertiary/aromatic N) is 1. The monoisotopic (exact) mass is 294 g/mol. The van der Waals surface area contributed by atoms with Crippen molar-refractivity contribution in [2.75, 3.05) is 19.5 Å². The predicted molar refractivity (Wildman–Crippen MR) is 79.5 cm³/mol. The quantitative estimate of drug-likeness (QED) is 0.916. The normalized spacial score (nSPS) is 21.9. The fourth-order valence-electron chi connectivity index (χ4n) is 2.63. The van der Waals surface area contributed by atoms with Crippen molar-refractivity contribution in [2.45, 2.75) is 31.7 Å². The zero-order chi connectivity index (χ0) is 14.5. The molecule has 1 saturated carbocycles. The van der Waals surface area contributed by atoms with Gasteiger partial charge in [0, 0.05) is 12.1 Å². The fourth-order valence-corrected chi connectivity index (χ4v) is 2.87. The number of rotatable bonds is 4. The van der Waals surface area contributed by atoms with Gasteiger partial charge in [-0.15, -0.1) is 0 Å². The number of methoxy groups -OCH3 is 2. The van der Waals surface area contributed by atoms with E-state index in [2.05, 4.69) is 11.4 Å². The Labute approximate surface area is 124 Å². The molecule has 5 heteroatoms. The average molecular weight is 295 g/mol. The summed E-state index contributed by atoms with van der Waals surface area (Å²) >= 11 is 6.16. The highest BCUT2D eigenvalue weighted by atomic mass is 35.5. The number of nitrogens with one attached hydrogen (secondary N) is 1. The zero-order valence-corrected chi connectivity index (χ0v) is 12.5. The van der Waals surface area contributed by atoms with Crippen LogP contribution in [0.25, 0.3) is 0 Å². The minimum Gasteiger partial charge on any atom is -0.495 e. The van der Waals surface area contributed by atoms with Crippen LogP contribution < -0.4 is 14.8 Å². The Bertz CT molecular complexity index is 513. The predicted octanol–water partition coefficient (Wildman–Crippen LogP) is 3.85. The Morgan fingerprint density at radius 3 is 2.55 bits per heavy atom. The van der Waals surface area contributed by atoms with E-state index in [-0.39, 0.29) is 12.0 Å². The maximum Gasteiger partial charge on any atom is 0.145 e. The summed E-state index contributed by atoms with van der Waals surface area (Å²) in [5, 5.41) is 13.2. The second kappa shape index (κ2) is 6.71. The maximum atomic E-state index is 9.24. The number of halogens is 1. The Morgan fingerprint density at radius 2 is 1.90 bits per heavy atom. The van der Waals surface area contributed by atoms with Gasteiger partial charge in [-0.05, 0) is 18.9 Å². The Balaban J connectivity index is 2.24. The lowest BCUT2D eigenvalue weighted by Crippen LogP contribution is -2.31. The van der Waals surface area contributed by atoms with E-state index in [1.807, 2.05) is 0 Å². The Morgan fingerprint density at radius 1 is 1.20 bits per heavy atom. The highest BCUT2D eigenvalue weighted by Crippen LogP contribution is 2.37. The van der Waals surface area contributed by atoms with E-state index in [4.69, 9.17) is 21.1 Å². The second-order valence-corrected chi connectivity index (χ2v) is 5.37. The zero-order valence-electron chi connectivity index (χ0n) is 11.8. The summed E-state index contributed by atoms with van der Waals surface area (Å²) in [4.78, 5) is 0. The first-order valence-corrected chi connectivity index (χ1v) is 7.15. The lowest BCUT2D eigenvalue weighted by atomic mass is 9.85. The third-order valence-electron chi connectivity index (χ3n) is 3.75. The molecule has 0 radical (unpaired) electrons. The van der Waals surface area contributed by atoms with Crippen LogP contribution in [0.5, 0.6) is 11.5 Å². The maximum absolute atomic E-state index is 9.24. The lowest BCUT2D eigenvalue weighted by molar-refractivity contribution is 0.380. The van der Waals surface area contributed by atoms with Crippen molar-refractivity contribution >= 4 is 17.3 Å². The van der Waals surface area contributed by atoms with Crippen molar-refractivity contribution in [3.63, 3.8) is 0 Å². The third kappa shape index (κ3) is 3.10. The van der Waals surface area contributed by atoms with Crippen LogP contribution in [0.4, 0.5) is 5.69 Å². The topological polar surface area (TPSA) is 54.3 Å². The van der Waals surface area contributed by atoms with E-state index >= 15 is 0 Å². The van der Waals surface area contributed by atoms with Gasteiger partial charge in [0.05, 0.1) is 36.9 Å². The summed E-state index contributed by atoms with van der Waals surface area (Å²) in [6.45, 7) is 0. The minimum atomic E-state index is 0.0364. The molecule has 2 unspecified atom stereocenters. The van der Waals surface area contributed by atoms with Crippen LogP contribution in [0.15, 0.2) is 12.1 Å². The molecule has 0 heterocycles. The molecule has 0 aromatic heterocycles. The lowest BCUT2D eigenvalue weighted by Gasteiger charge is -2.29. The molecule has 2 rings (SSSR count). The minimum absolute atomic E-state index is 0.0364.